The zero-order valence-corrected chi connectivity index (χ0v) is 26.0. The summed E-state index contributed by atoms with van der Waals surface area (Å²) in [6.45, 7) is 0.582. The third-order valence-corrected chi connectivity index (χ3v) is 8.26. The third kappa shape index (κ3) is 7.37. The van der Waals surface area contributed by atoms with Gasteiger partial charge < -0.3 is 32.2 Å². The number of rotatable bonds is 13. The Hall–Kier alpha value is -5.58. The number of nitrogens with two attached hydrogens (primary N) is 3. The highest BCUT2D eigenvalue weighted by atomic mass is 32.1. The summed E-state index contributed by atoms with van der Waals surface area (Å²) in [6, 6.07) is 7.57. The molecule has 4 aromatic rings. The van der Waals surface area contributed by atoms with Crippen molar-refractivity contribution in [3.8, 4) is 0 Å². The van der Waals surface area contributed by atoms with E-state index < -0.39 is 17.9 Å². The number of aromatic nitrogens is 4. The molecule has 1 aliphatic heterocycles. The number of aliphatic imine (C=N–C) groups is 1. The number of benzene rings is 1. The van der Waals surface area contributed by atoms with E-state index in [1.165, 1.54) is 18.4 Å². The van der Waals surface area contributed by atoms with E-state index in [1.54, 1.807) is 36.5 Å². The van der Waals surface area contributed by atoms with Crippen molar-refractivity contribution < 1.29 is 19.1 Å². The van der Waals surface area contributed by atoms with E-state index in [9.17, 15) is 14.4 Å². The normalized spacial score (nSPS) is 13.0. The number of ether oxygens (including phenoxy) is 1. The molecule has 16 nitrogen and oxygen atoms in total. The van der Waals surface area contributed by atoms with Crippen LogP contribution in [0.25, 0.3) is 11.2 Å². The second kappa shape index (κ2) is 14.0. The Morgan fingerprint density at radius 3 is 2.67 bits per heavy atom. The summed E-state index contributed by atoms with van der Waals surface area (Å²) < 4.78 is 4.93. The molecule has 1 atom stereocenters. The first-order valence-corrected chi connectivity index (χ1v) is 15.0. The van der Waals surface area contributed by atoms with Gasteiger partial charge in [0.25, 0.3) is 5.91 Å². The number of anilines is 4. The fourth-order valence-electron chi connectivity index (χ4n) is 4.78. The van der Waals surface area contributed by atoms with Crippen LogP contribution in [0, 0.1) is 0 Å². The molecule has 1 aromatic carbocycles. The number of ketones is 1. The number of azo groups is 1. The highest BCUT2D eigenvalue weighted by Gasteiger charge is 2.24. The molecule has 0 fully saturated rings. The summed E-state index contributed by atoms with van der Waals surface area (Å²) in [5, 5.41) is 11.4. The topological polar surface area (TPSA) is 242 Å². The van der Waals surface area contributed by atoms with Crippen LogP contribution in [0.15, 0.2) is 51.7 Å². The Balaban J connectivity index is 1.16. The molecule has 1 aliphatic rings. The molecule has 0 spiro atoms. The summed E-state index contributed by atoms with van der Waals surface area (Å²) in [5.41, 5.74) is 20.2. The Labute approximate surface area is 267 Å². The molecule has 0 aliphatic carbocycles. The standard InChI is InChI=1S/C29H32N12O4S/c1-41(13-16-12-33-26-23(36-16)24(31)38-29(32)39-26)22-10-9-21(46-22)27(43)37-19(28(44)45-2)5-3-4-6-20(42)17-8-7-15(30)11-18(17)25-34-14-35-40-25/h7-12,19H,3-6,13-14,30H2,1-2H3,(H,37,43)(H4,31,32,33,38,39)/t19-/m0/s1. The van der Waals surface area contributed by atoms with Crippen LogP contribution in [0.1, 0.15) is 57.0 Å². The number of nitrogens with one attached hydrogen (secondary N) is 1. The molecule has 17 heteroatoms. The lowest BCUT2D eigenvalue weighted by Crippen LogP contribution is -2.41. The van der Waals surface area contributed by atoms with Crippen LogP contribution in [0.2, 0.25) is 0 Å². The van der Waals surface area contributed by atoms with Gasteiger partial charge in [-0.15, -0.1) is 16.5 Å². The number of thiophene rings is 1. The monoisotopic (exact) mass is 644 g/mol. The van der Waals surface area contributed by atoms with E-state index >= 15 is 0 Å². The van der Waals surface area contributed by atoms with Gasteiger partial charge in [0.15, 0.2) is 35.3 Å². The predicted octanol–water partition coefficient (Wildman–Crippen LogP) is 2.75. The Morgan fingerprint density at radius 1 is 1.09 bits per heavy atom. The summed E-state index contributed by atoms with van der Waals surface area (Å²) in [5.74, 6) is -0.558. The lowest BCUT2D eigenvalue weighted by Gasteiger charge is -2.17. The van der Waals surface area contributed by atoms with Crippen LogP contribution in [0.3, 0.4) is 0 Å². The minimum atomic E-state index is -0.884. The molecule has 3 aromatic heterocycles. The largest absolute Gasteiger partial charge is 0.467 e. The average Bonchev–Trinajstić information content (AvgIpc) is 3.76. The number of amides is 1. The molecule has 0 saturated heterocycles. The van der Waals surface area contributed by atoms with Crippen LogP contribution in [0.5, 0.6) is 0 Å². The molecule has 0 radical (unpaired) electrons. The number of esters is 1. The van der Waals surface area contributed by atoms with E-state index in [4.69, 9.17) is 21.9 Å². The molecule has 0 bridgehead atoms. The maximum Gasteiger partial charge on any atom is 0.328 e. The van der Waals surface area contributed by atoms with Gasteiger partial charge in [0.05, 0.1) is 35.4 Å². The van der Waals surface area contributed by atoms with E-state index in [0.717, 1.165) is 5.00 Å². The fraction of sp³-hybridized carbons (Fsp3) is 0.310. The van der Waals surface area contributed by atoms with Crippen molar-refractivity contribution in [3.05, 3.63) is 58.2 Å². The molecule has 0 saturated carbocycles. The Bertz CT molecular complexity index is 1860. The fourth-order valence-corrected chi connectivity index (χ4v) is 5.65. The van der Waals surface area contributed by atoms with Gasteiger partial charge in [-0.3, -0.25) is 9.59 Å². The van der Waals surface area contributed by atoms with Gasteiger partial charge in [-0.2, -0.15) is 15.1 Å². The molecular formula is C29H32N12O4S. The first-order valence-electron chi connectivity index (χ1n) is 14.2. The number of carbonyl (C=O) groups excluding carboxylic acids is 3. The van der Waals surface area contributed by atoms with E-state index in [0.29, 0.717) is 70.2 Å². The molecule has 1 amide bonds. The Kier molecular flexibility index (Phi) is 9.70. The number of nitrogen functional groups attached to an aromatic ring is 3. The number of carbonyl (C=O) groups is 3. The van der Waals surface area contributed by atoms with Crippen LogP contribution in [0.4, 0.5) is 22.5 Å². The maximum absolute atomic E-state index is 13.1. The van der Waals surface area contributed by atoms with Gasteiger partial charge in [-0.05, 0) is 43.2 Å². The maximum atomic E-state index is 13.1. The van der Waals surface area contributed by atoms with Crippen molar-refractivity contribution in [2.45, 2.75) is 38.3 Å². The zero-order valence-electron chi connectivity index (χ0n) is 25.1. The zero-order chi connectivity index (χ0) is 32.8. The van der Waals surface area contributed by atoms with Gasteiger partial charge in [0.2, 0.25) is 5.95 Å². The predicted molar refractivity (Wildman–Crippen MR) is 174 cm³/mol. The molecular weight excluding hydrogens is 612 g/mol. The highest BCUT2D eigenvalue weighted by Crippen LogP contribution is 2.27. The van der Waals surface area contributed by atoms with Gasteiger partial charge in [-0.1, -0.05) is 6.42 Å². The van der Waals surface area contributed by atoms with Crippen LogP contribution < -0.4 is 27.4 Å². The van der Waals surface area contributed by atoms with Gasteiger partial charge in [0.1, 0.15) is 6.04 Å². The quantitative estimate of drug-likeness (QED) is 0.0710. The van der Waals surface area contributed by atoms with Crippen molar-refractivity contribution in [1.29, 1.82) is 0 Å². The average molecular weight is 645 g/mol. The van der Waals surface area contributed by atoms with Crippen LogP contribution >= 0.6 is 11.3 Å². The lowest BCUT2D eigenvalue weighted by atomic mass is 9.97. The smallest absolute Gasteiger partial charge is 0.328 e. The lowest BCUT2D eigenvalue weighted by molar-refractivity contribution is -0.143. The number of unbranched alkanes of at least 4 members (excludes halogenated alkanes) is 1. The molecule has 238 valence electrons. The number of Topliss-reactive ketones (excluding diaryl/α,β-unsaturated/α-hetero) is 1. The molecule has 5 rings (SSSR count). The summed E-state index contributed by atoms with van der Waals surface area (Å²) in [4.78, 5) is 61.9. The summed E-state index contributed by atoms with van der Waals surface area (Å²) in [6.07, 6.45) is 3.06. The van der Waals surface area contributed by atoms with E-state index in [1.807, 2.05) is 11.9 Å². The minimum Gasteiger partial charge on any atom is -0.467 e. The van der Waals surface area contributed by atoms with E-state index in [2.05, 4.69) is 40.5 Å². The number of hydrogen-bond acceptors (Lipinski definition) is 16. The van der Waals surface area contributed by atoms with Crippen molar-refractivity contribution >= 4 is 68.5 Å². The third-order valence-electron chi connectivity index (χ3n) is 7.06. The number of hydrogen-bond donors (Lipinski definition) is 4. The first-order chi connectivity index (χ1) is 22.1. The van der Waals surface area contributed by atoms with Gasteiger partial charge in [-0.25, -0.2) is 19.8 Å². The number of amidine groups is 1. The highest BCUT2D eigenvalue weighted by molar-refractivity contribution is 7.18. The van der Waals surface area contributed by atoms with Crippen molar-refractivity contribution in [1.82, 2.24) is 25.3 Å². The second-order valence-electron chi connectivity index (χ2n) is 10.4. The number of fused-ring (bicyclic) bond motifs is 1. The number of nitrogens with zero attached hydrogens (tertiary/aromatic N) is 8. The SMILES string of the molecule is COC(=O)[C@H](CCCCC(=O)c1ccc(N)cc1C1=NCN=N1)NC(=O)c1ccc(N(C)Cc2cnc3nc(N)nc(N)c3n2)s1. The minimum absolute atomic E-state index is 0.0191. The molecule has 0 unspecified atom stereocenters. The van der Waals surface area contributed by atoms with Crippen LogP contribution in [-0.2, 0) is 16.1 Å². The van der Waals surface area contributed by atoms with Gasteiger partial charge in [0, 0.05) is 30.3 Å². The van der Waals surface area contributed by atoms with Crippen molar-refractivity contribution in [3.63, 3.8) is 0 Å². The van der Waals surface area contributed by atoms with E-state index in [-0.39, 0.29) is 30.6 Å². The van der Waals surface area contributed by atoms with Gasteiger partial charge >= 0.3 is 5.97 Å². The summed E-state index contributed by atoms with van der Waals surface area (Å²) >= 11 is 1.25. The number of methoxy groups -OCH3 is 1. The molecule has 4 heterocycles. The summed E-state index contributed by atoms with van der Waals surface area (Å²) in [7, 11) is 3.11. The van der Waals surface area contributed by atoms with Crippen molar-refractivity contribution in [2.24, 2.45) is 15.2 Å². The van der Waals surface area contributed by atoms with Crippen LogP contribution in [-0.4, -0.2) is 70.3 Å². The Morgan fingerprint density at radius 2 is 1.91 bits per heavy atom. The molecule has 46 heavy (non-hydrogen) atoms. The second-order valence-corrected chi connectivity index (χ2v) is 11.4. The molecule has 7 N–H and O–H groups in total. The van der Waals surface area contributed by atoms with Crippen molar-refractivity contribution in [2.75, 3.05) is 42.9 Å². The first kappa shape index (κ1) is 31.8.